The monoisotopic (exact) mass is 1050 g/mol. The van der Waals surface area contributed by atoms with Gasteiger partial charge in [-0.2, -0.15) is 0 Å². The van der Waals surface area contributed by atoms with Crippen molar-refractivity contribution in [1.82, 2.24) is 0 Å². The van der Waals surface area contributed by atoms with E-state index in [0.717, 1.165) is 106 Å². The molecule has 0 aromatic heterocycles. The molecule has 2 aliphatic rings. The Morgan fingerprint density at radius 3 is 1.07 bits per heavy atom. The lowest BCUT2D eigenvalue weighted by Crippen LogP contribution is -2.61. The third-order valence-corrected chi connectivity index (χ3v) is 16.2. The molecule has 0 atom stereocenters. The van der Waals surface area contributed by atoms with E-state index in [4.69, 9.17) is 8.22 Å². The van der Waals surface area contributed by atoms with Crippen molar-refractivity contribution in [2.75, 3.05) is 9.80 Å². The Balaban J connectivity index is 1.22. The largest absolute Gasteiger partial charge is 0.310 e. The summed E-state index contributed by atoms with van der Waals surface area (Å²) in [6, 6.07) is 73.5. The van der Waals surface area contributed by atoms with E-state index in [1.165, 1.54) is 11.1 Å². The van der Waals surface area contributed by atoms with Crippen LogP contribution in [0, 0.1) is 0 Å². The first kappa shape index (κ1) is 39.6. The minimum absolute atomic E-state index is 0.0530. The van der Waals surface area contributed by atoms with Gasteiger partial charge in [0.1, 0.15) is 0 Å². The van der Waals surface area contributed by atoms with Crippen LogP contribution in [0.5, 0.6) is 0 Å². The van der Waals surface area contributed by atoms with Gasteiger partial charge in [-0.25, -0.2) is 0 Å². The van der Waals surface area contributed by atoms with Crippen LogP contribution in [0.25, 0.3) is 77.9 Å². The average Bonchev–Trinajstić information content (AvgIpc) is 0.692. The van der Waals surface area contributed by atoms with Gasteiger partial charge < -0.3 is 9.80 Å². The number of nitrogens with zero attached hydrogens (tertiary/aromatic N) is 2. The summed E-state index contributed by atoms with van der Waals surface area (Å²) in [5.41, 5.74) is 20.5. The molecule has 386 valence electrons. The molecule has 0 spiro atoms. The molecule has 14 rings (SSSR count). The Morgan fingerprint density at radius 2 is 0.704 bits per heavy atom. The van der Waals surface area contributed by atoms with E-state index in [2.05, 4.69) is 153 Å². The van der Waals surface area contributed by atoms with Gasteiger partial charge in [0.05, 0.1) is 25.1 Å². The fourth-order valence-electron chi connectivity index (χ4n) is 12.4. The van der Waals surface area contributed by atoms with Crippen molar-refractivity contribution < 1.29 is 13.7 Å². The molecule has 3 heteroatoms. The summed E-state index contributed by atoms with van der Waals surface area (Å²) < 4.78 is 91.0. The van der Waals surface area contributed by atoms with Crippen LogP contribution < -0.4 is 26.2 Å². The second-order valence-corrected chi connectivity index (χ2v) is 21.6. The third-order valence-electron chi connectivity index (χ3n) is 16.2. The van der Waals surface area contributed by atoms with E-state index in [-0.39, 0.29) is 47.1 Å². The van der Waals surface area contributed by atoms with Gasteiger partial charge in [-0.15, -0.1) is 0 Å². The molecule has 0 saturated carbocycles. The fraction of sp³-hybridized carbons (Fsp3) is 0.0769. The van der Waals surface area contributed by atoms with Gasteiger partial charge in [0, 0.05) is 45.0 Å². The Morgan fingerprint density at radius 1 is 0.309 bits per heavy atom. The molecule has 12 aromatic carbocycles. The first-order valence-electron chi connectivity index (χ1n) is 32.8. The lowest BCUT2D eigenvalue weighted by atomic mass is 9.33. The van der Waals surface area contributed by atoms with Crippen molar-refractivity contribution in [2.45, 2.75) is 39.5 Å². The van der Waals surface area contributed by atoms with E-state index < -0.39 is 43.0 Å². The van der Waals surface area contributed by atoms with E-state index in [1.54, 1.807) is 0 Å². The highest BCUT2D eigenvalue weighted by Gasteiger charge is 2.45. The summed E-state index contributed by atoms with van der Waals surface area (Å²) in [5, 5.41) is 0. The van der Waals surface area contributed by atoms with Crippen molar-refractivity contribution in [1.29, 1.82) is 0 Å². The Bertz CT molecular complexity index is 4460. The van der Waals surface area contributed by atoms with Gasteiger partial charge >= 0.3 is 0 Å². The van der Waals surface area contributed by atoms with E-state index in [1.807, 2.05) is 109 Å². The van der Waals surface area contributed by atoms with E-state index >= 15 is 0 Å². The van der Waals surface area contributed by atoms with Gasteiger partial charge in [-0.1, -0.05) is 288 Å². The summed E-state index contributed by atoms with van der Waals surface area (Å²) in [4.78, 5) is 4.76. The normalized spacial score (nSPS) is 14.1. The summed E-state index contributed by atoms with van der Waals surface area (Å²) in [6.45, 7) is 8.23. The van der Waals surface area contributed by atoms with Crippen LogP contribution in [-0.2, 0) is 0 Å². The zero-order valence-electron chi connectivity index (χ0n) is 55.5. The lowest BCUT2D eigenvalue weighted by molar-refractivity contribution is 0.835. The van der Waals surface area contributed by atoms with Gasteiger partial charge in [0.2, 0.25) is 0 Å². The second kappa shape index (κ2) is 20.8. The van der Waals surface area contributed by atoms with Gasteiger partial charge in [-0.3, -0.25) is 0 Å². The molecular formula is C78H61BN2. The molecular weight excluding hydrogens is 976 g/mol. The highest BCUT2D eigenvalue weighted by atomic mass is 15.2. The number of rotatable bonds is 11. The van der Waals surface area contributed by atoms with Crippen LogP contribution in [0.4, 0.5) is 34.1 Å². The first-order chi connectivity index (χ1) is 44.0. The molecule has 0 bridgehead atoms. The number of anilines is 6. The maximum Gasteiger partial charge on any atom is 0.252 e. The molecule has 2 heterocycles. The topological polar surface area (TPSA) is 6.48 Å². The Hall–Kier alpha value is -9.70. The molecule has 2 nitrogen and oxygen atoms in total. The quantitative estimate of drug-likeness (QED) is 0.119. The summed E-state index contributed by atoms with van der Waals surface area (Å²) in [6.07, 6.45) is 0. The number of hydrogen-bond donors (Lipinski definition) is 0. The van der Waals surface area contributed by atoms with Crippen LogP contribution in [0.15, 0.2) is 285 Å². The van der Waals surface area contributed by atoms with Gasteiger partial charge in [0.15, 0.2) is 0 Å². The van der Waals surface area contributed by atoms with Crippen molar-refractivity contribution >= 4 is 57.2 Å². The van der Waals surface area contributed by atoms with E-state index in [0.29, 0.717) is 11.1 Å². The number of fused-ring (bicyclic) bond motifs is 4. The standard InChI is InChI=1S/C78H61BN2/c1-52(2)60-41-44-64(69(47-60)53(3)4)63-50-74-76-75(51-63)81(78-67(58-33-19-9-20-34-58)39-24-40-68(78)59-35-21-10-22-36-59)73-46-43-62(55-27-13-6-14-28-55)49-71(73)79(76)70-48-61(54-25-11-5-12-26-54)42-45-72(70)80(74)77-65(56-29-15-7-16-30-56)37-23-38-66(77)57-31-17-8-18-32-57/h5-53H,1-4H3/i5D,6D,11D,12D,13D,14D,25D,26D,27D,28D. The van der Waals surface area contributed by atoms with Gasteiger partial charge in [0.25, 0.3) is 6.71 Å². The number of hydrogen-bond acceptors (Lipinski definition) is 2. The second-order valence-electron chi connectivity index (χ2n) is 21.6. The van der Waals surface area contributed by atoms with Crippen molar-refractivity contribution in [3.8, 4) is 77.9 Å². The molecule has 0 fully saturated rings. The molecule has 0 saturated heterocycles. The predicted molar refractivity (Wildman–Crippen MR) is 347 cm³/mol. The zero-order valence-corrected chi connectivity index (χ0v) is 45.5. The molecule has 2 aliphatic heterocycles. The highest BCUT2D eigenvalue weighted by Crippen LogP contribution is 2.54. The van der Waals surface area contributed by atoms with E-state index in [9.17, 15) is 5.48 Å². The van der Waals surface area contributed by atoms with Crippen molar-refractivity contribution in [3.63, 3.8) is 0 Å². The maximum atomic E-state index is 9.45. The highest BCUT2D eigenvalue weighted by molar-refractivity contribution is 7.00. The number of benzene rings is 12. The molecule has 0 N–H and O–H groups in total. The molecule has 0 aliphatic carbocycles. The fourth-order valence-corrected chi connectivity index (χ4v) is 12.4. The minimum Gasteiger partial charge on any atom is -0.310 e. The molecule has 81 heavy (non-hydrogen) atoms. The SMILES string of the molecule is [2H]c1c([2H])c([2H])c(-c2ccc3c(c2)B2c4cc(-c5c([2H])c([2H])c([2H])c([2H])c5[2H])ccc4N(c4c(-c5ccccc5)cccc4-c4ccccc4)c4cc(-c5ccc(C(C)C)cc5C(C)C)cc(c42)N3c2c(-c3ccccc3)cccc2-c2ccccc2)c([2H])c1[2H]. The number of para-hydroxylation sites is 2. The minimum atomic E-state index is -0.716. The molecule has 12 aromatic rings. The van der Waals surface area contributed by atoms with Crippen molar-refractivity contribution in [3.05, 3.63) is 296 Å². The summed E-state index contributed by atoms with van der Waals surface area (Å²) in [7, 11) is 0. The summed E-state index contributed by atoms with van der Waals surface area (Å²) in [5.74, 6) is 0.391. The lowest BCUT2D eigenvalue weighted by Gasteiger charge is -2.46. The summed E-state index contributed by atoms with van der Waals surface area (Å²) >= 11 is 0. The Labute approximate surface area is 492 Å². The van der Waals surface area contributed by atoms with Crippen molar-refractivity contribution in [2.24, 2.45) is 0 Å². The average molecular weight is 1050 g/mol. The smallest absolute Gasteiger partial charge is 0.252 e. The van der Waals surface area contributed by atoms with Crippen LogP contribution in [0.3, 0.4) is 0 Å². The first-order valence-corrected chi connectivity index (χ1v) is 27.8. The van der Waals surface area contributed by atoms with Crippen LogP contribution in [0.1, 0.15) is 64.4 Å². The third kappa shape index (κ3) is 8.78. The molecule has 0 radical (unpaired) electrons. The van der Waals surface area contributed by atoms with Crippen LogP contribution >= 0.6 is 0 Å². The van der Waals surface area contributed by atoms with Gasteiger partial charge in [-0.05, 0) is 119 Å². The van der Waals surface area contributed by atoms with Crippen LogP contribution in [-0.4, -0.2) is 6.71 Å². The zero-order chi connectivity index (χ0) is 63.3. The predicted octanol–water partition coefficient (Wildman–Crippen LogP) is 19.7. The molecule has 0 amide bonds. The Kier molecular flexibility index (Phi) is 10.2. The maximum absolute atomic E-state index is 9.45. The molecule has 0 unspecified atom stereocenters. The van der Waals surface area contributed by atoms with Crippen LogP contribution in [0.2, 0.25) is 0 Å².